The van der Waals surface area contributed by atoms with Crippen LogP contribution in [0.3, 0.4) is 0 Å². The highest BCUT2D eigenvalue weighted by Gasteiger charge is 2.31. The first-order chi connectivity index (χ1) is 17.7. The van der Waals surface area contributed by atoms with Crippen molar-refractivity contribution in [3.05, 3.63) is 36.4 Å². The van der Waals surface area contributed by atoms with Gasteiger partial charge in [0.05, 0.1) is 32.4 Å². The van der Waals surface area contributed by atoms with Gasteiger partial charge in [0.15, 0.2) is 0 Å². The van der Waals surface area contributed by atoms with E-state index in [2.05, 4.69) is 41.2 Å². The van der Waals surface area contributed by atoms with Gasteiger partial charge in [-0.1, -0.05) is 0 Å². The number of carbonyl (C=O) groups excluding carboxylic acids is 4. The van der Waals surface area contributed by atoms with Crippen LogP contribution in [-0.4, -0.2) is 109 Å². The molecule has 11 N–H and O–H groups in total. The summed E-state index contributed by atoms with van der Waals surface area (Å²) >= 11 is 0. The number of aromatic amines is 2. The van der Waals surface area contributed by atoms with E-state index in [0.29, 0.717) is 11.4 Å². The first-order valence-electron chi connectivity index (χ1n) is 11.0. The van der Waals surface area contributed by atoms with E-state index in [4.69, 9.17) is 5.73 Å². The molecular formula is C20H29N9O8. The van der Waals surface area contributed by atoms with Crippen molar-refractivity contribution in [3.8, 4) is 0 Å². The van der Waals surface area contributed by atoms with E-state index >= 15 is 0 Å². The Morgan fingerprint density at radius 1 is 0.757 bits per heavy atom. The Balaban J connectivity index is 2.13. The van der Waals surface area contributed by atoms with Crippen molar-refractivity contribution in [3.63, 3.8) is 0 Å². The molecule has 202 valence electrons. The number of rotatable bonds is 15. The van der Waals surface area contributed by atoms with Gasteiger partial charge in [-0.3, -0.25) is 19.2 Å². The van der Waals surface area contributed by atoms with Crippen LogP contribution >= 0.6 is 0 Å². The number of amides is 4. The third-order valence-electron chi connectivity index (χ3n) is 5.04. The fourth-order valence-corrected chi connectivity index (χ4v) is 3.10. The van der Waals surface area contributed by atoms with Crippen LogP contribution < -0.4 is 27.0 Å². The van der Waals surface area contributed by atoms with Crippen LogP contribution in [0.2, 0.25) is 0 Å². The number of hydrogen-bond donors (Lipinski definition) is 10. The summed E-state index contributed by atoms with van der Waals surface area (Å²) in [6, 6.07) is -5.72. The molecule has 0 bridgehead atoms. The zero-order chi connectivity index (χ0) is 27.4. The van der Waals surface area contributed by atoms with Gasteiger partial charge in [0, 0.05) is 36.6 Å². The maximum absolute atomic E-state index is 13.0. The summed E-state index contributed by atoms with van der Waals surface area (Å²) in [6.07, 6.45) is 5.23. The van der Waals surface area contributed by atoms with Crippen molar-refractivity contribution in [2.24, 2.45) is 5.73 Å². The molecule has 0 aliphatic carbocycles. The summed E-state index contributed by atoms with van der Waals surface area (Å²) in [7, 11) is 0. The summed E-state index contributed by atoms with van der Waals surface area (Å²) in [6.45, 7) is -2.15. The third kappa shape index (κ3) is 8.98. The first kappa shape index (κ1) is 28.9. The van der Waals surface area contributed by atoms with Crippen molar-refractivity contribution >= 4 is 29.6 Å². The Morgan fingerprint density at radius 3 is 1.62 bits per heavy atom. The number of nitrogens with two attached hydrogens (primary N) is 1. The van der Waals surface area contributed by atoms with Crippen LogP contribution in [0.25, 0.3) is 0 Å². The lowest BCUT2D eigenvalue weighted by Gasteiger charge is -2.24. The molecule has 0 unspecified atom stereocenters. The van der Waals surface area contributed by atoms with Gasteiger partial charge in [-0.25, -0.2) is 14.8 Å². The Bertz CT molecular complexity index is 1040. The van der Waals surface area contributed by atoms with Gasteiger partial charge in [-0.2, -0.15) is 0 Å². The largest absolute Gasteiger partial charge is 0.480 e. The summed E-state index contributed by atoms with van der Waals surface area (Å²) in [5.74, 6) is -4.90. The highest BCUT2D eigenvalue weighted by atomic mass is 16.4. The molecule has 17 heteroatoms. The summed E-state index contributed by atoms with van der Waals surface area (Å²) in [4.78, 5) is 74.4. The standard InChI is InChI=1S/C20H29N9O8/c21-3-16(32)26-14(6-30)18(34)29-15(7-31)19(35)27-12(1-10-4-22-8-24-10)17(33)28-13(20(36)37)2-11-5-23-9-25-11/h4-5,8-9,12-15,30-31H,1-3,6-7,21H2,(H,22,24)(H,23,25)(H,26,32)(H,27,35)(H,28,33)(H,29,34)(H,36,37)/t12-,13-,14-,15-/m0/s1. The number of aromatic nitrogens is 4. The molecule has 0 aliphatic rings. The second-order valence-electron chi connectivity index (χ2n) is 7.77. The zero-order valence-electron chi connectivity index (χ0n) is 19.5. The average Bonchev–Trinajstić information content (AvgIpc) is 3.58. The minimum Gasteiger partial charge on any atom is -0.480 e. The lowest BCUT2D eigenvalue weighted by molar-refractivity contribution is -0.142. The average molecular weight is 524 g/mol. The van der Waals surface area contributed by atoms with E-state index in [9.17, 15) is 39.3 Å². The van der Waals surface area contributed by atoms with Crippen molar-refractivity contribution in [1.82, 2.24) is 41.2 Å². The lowest BCUT2D eigenvalue weighted by Crippen LogP contribution is -2.60. The van der Waals surface area contributed by atoms with Crippen molar-refractivity contribution in [1.29, 1.82) is 0 Å². The van der Waals surface area contributed by atoms with Crippen LogP contribution in [0.15, 0.2) is 25.0 Å². The second-order valence-corrected chi connectivity index (χ2v) is 7.77. The highest BCUT2D eigenvalue weighted by Crippen LogP contribution is 2.04. The molecule has 0 aliphatic heterocycles. The summed E-state index contributed by atoms with van der Waals surface area (Å²) in [5, 5.41) is 37.6. The van der Waals surface area contributed by atoms with Crippen LogP contribution in [0, 0.1) is 0 Å². The number of H-pyrrole nitrogens is 2. The molecule has 0 radical (unpaired) electrons. The van der Waals surface area contributed by atoms with E-state index in [-0.39, 0.29) is 12.8 Å². The number of aliphatic hydroxyl groups is 2. The molecule has 37 heavy (non-hydrogen) atoms. The molecule has 17 nitrogen and oxygen atoms in total. The monoisotopic (exact) mass is 523 g/mol. The molecule has 0 saturated heterocycles. The fourth-order valence-electron chi connectivity index (χ4n) is 3.10. The molecule has 0 fully saturated rings. The second kappa shape index (κ2) is 14.3. The van der Waals surface area contributed by atoms with E-state index < -0.39 is 73.5 Å². The molecule has 2 heterocycles. The number of aliphatic hydroxyl groups excluding tert-OH is 2. The Morgan fingerprint density at radius 2 is 1.19 bits per heavy atom. The van der Waals surface area contributed by atoms with E-state index in [1.807, 2.05) is 0 Å². The first-order valence-corrected chi connectivity index (χ1v) is 11.0. The maximum Gasteiger partial charge on any atom is 0.326 e. The van der Waals surface area contributed by atoms with Gasteiger partial charge in [0.2, 0.25) is 23.6 Å². The zero-order valence-corrected chi connectivity index (χ0v) is 19.5. The minimum absolute atomic E-state index is 0.113. The van der Waals surface area contributed by atoms with E-state index in [1.165, 1.54) is 25.0 Å². The van der Waals surface area contributed by atoms with Crippen LogP contribution in [0.1, 0.15) is 11.4 Å². The van der Waals surface area contributed by atoms with Gasteiger partial charge in [0.25, 0.3) is 0 Å². The molecule has 2 aromatic heterocycles. The third-order valence-corrected chi connectivity index (χ3v) is 5.04. The molecule has 2 aromatic rings. The number of nitrogens with zero attached hydrogens (tertiary/aromatic N) is 2. The number of carbonyl (C=O) groups is 5. The number of nitrogens with one attached hydrogen (secondary N) is 6. The Labute approximate surface area is 209 Å². The predicted molar refractivity (Wildman–Crippen MR) is 123 cm³/mol. The van der Waals surface area contributed by atoms with Crippen LogP contribution in [0.4, 0.5) is 0 Å². The fraction of sp³-hybridized carbons (Fsp3) is 0.450. The van der Waals surface area contributed by atoms with Gasteiger partial charge in [-0.15, -0.1) is 0 Å². The normalized spacial score (nSPS) is 14.0. The van der Waals surface area contributed by atoms with Gasteiger partial charge in [-0.05, 0) is 0 Å². The SMILES string of the molecule is NCC(=O)N[C@@H](CO)C(=O)N[C@@H](CO)C(=O)N[C@@H](Cc1cnc[nH]1)C(=O)N[C@@H](Cc1cnc[nH]1)C(=O)O. The van der Waals surface area contributed by atoms with Gasteiger partial charge >= 0.3 is 5.97 Å². The van der Waals surface area contributed by atoms with Crippen molar-refractivity contribution in [2.45, 2.75) is 37.0 Å². The van der Waals surface area contributed by atoms with Crippen molar-refractivity contribution < 1.29 is 39.3 Å². The topological polar surface area (TPSA) is 278 Å². The Kier molecular flexibility index (Phi) is 11.1. The molecule has 0 spiro atoms. The number of carboxylic acids is 1. The van der Waals surface area contributed by atoms with Crippen molar-refractivity contribution in [2.75, 3.05) is 19.8 Å². The summed E-state index contributed by atoms with van der Waals surface area (Å²) < 4.78 is 0. The van der Waals surface area contributed by atoms with Crippen LogP contribution in [-0.2, 0) is 36.8 Å². The number of hydrogen-bond acceptors (Lipinski definition) is 10. The minimum atomic E-state index is -1.58. The predicted octanol–water partition coefficient (Wildman–Crippen LogP) is -5.11. The van der Waals surface area contributed by atoms with Crippen LogP contribution in [0.5, 0.6) is 0 Å². The van der Waals surface area contributed by atoms with Gasteiger partial charge < -0.3 is 52.3 Å². The Hall–Kier alpha value is -4.35. The van der Waals surface area contributed by atoms with Gasteiger partial charge in [0.1, 0.15) is 24.2 Å². The maximum atomic E-state index is 13.0. The number of carboxylic acid groups (broad SMARTS) is 1. The van der Waals surface area contributed by atoms with E-state index in [0.717, 1.165) is 0 Å². The smallest absolute Gasteiger partial charge is 0.326 e. The highest BCUT2D eigenvalue weighted by molar-refractivity contribution is 5.95. The lowest BCUT2D eigenvalue weighted by atomic mass is 10.1. The number of imidazole rings is 2. The molecule has 0 aromatic carbocycles. The molecule has 0 saturated carbocycles. The molecule has 4 amide bonds. The van der Waals surface area contributed by atoms with E-state index in [1.54, 1.807) is 0 Å². The molecule has 2 rings (SSSR count). The number of aliphatic carboxylic acids is 1. The summed E-state index contributed by atoms with van der Waals surface area (Å²) in [5.41, 5.74) is 6.04. The molecule has 4 atom stereocenters. The quantitative estimate of drug-likeness (QED) is 0.105. The molecular weight excluding hydrogens is 494 g/mol.